The van der Waals surface area contributed by atoms with Crippen LogP contribution >= 0.6 is 11.3 Å². The highest BCUT2D eigenvalue weighted by Crippen LogP contribution is 2.34. The zero-order chi connectivity index (χ0) is 21.5. The second kappa shape index (κ2) is 9.67. The summed E-state index contributed by atoms with van der Waals surface area (Å²) < 4.78 is 11.4. The molecule has 0 unspecified atom stereocenters. The van der Waals surface area contributed by atoms with Gasteiger partial charge in [-0.05, 0) is 48.7 Å². The molecule has 2 aromatic carbocycles. The fourth-order valence-electron chi connectivity index (χ4n) is 2.57. The van der Waals surface area contributed by atoms with Crippen molar-refractivity contribution in [2.45, 2.75) is 20.3 Å². The molecule has 8 heteroatoms. The van der Waals surface area contributed by atoms with Crippen LogP contribution in [0.5, 0.6) is 17.2 Å². The van der Waals surface area contributed by atoms with Gasteiger partial charge in [0.25, 0.3) is 5.91 Å². The third-order valence-electron chi connectivity index (χ3n) is 4.17. The maximum absolute atomic E-state index is 12.4. The summed E-state index contributed by atoms with van der Waals surface area (Å²) in [6.07, 6.45) is 2.21. The Morgan fingerprint density at radius 1 is 1.20 bits per heavy atom. The summed E-state index contributed by atoms with van der Waals surface area (Å²) in [5, 5.41) is 21.0. The van der Waals surface area contributed by atoms with E-state index in [-0.39, 0.29) is 5.57 Å². The molecule has 3 aromatic rings. The second-order valence-corrected chi connectivity index (χ2v) is 7.32. The minimum absolute atomic E-state index is 0.0575. The van der Waals surface area contributed by atoms with Crippen LogP contribution in [0, 0.1) is 18.3 Å². The lowest BCUT2D eigenvalue weighted by Gasteiger charge is -2.12. The highest BCUT2D eigenvalue weighted by molar-refractivity contribution is 7.15. The Hall–Kier alpha value is -3.70. The van der Waals surface area contributed by atoms with E-state index in [4.69, 9.17) is 9.47 Å². The number of hydrogen-bond donors (Lipinski definition) is 1. The number of ether oxygens (including phenoxy) is 2. The Labute approximate surface area is 178 Å². The molecule has 1 N–H and O–H groups in total. The molecule has 152 valence electrons. The van der Waals surface area contributed by atoms with Crippen LogP contribution in [-0.4, -0.2) is 23.2 Å². The van der Waals surface area contributed by atoms with Crippen molar-refractivity contribution in [3.63, 3.8) is 0 Å². The Bertz CT molecular complexity index is 1130. The van der Waals surface area contributed by atoms with Crippen molar-refractivity contribution in [1.29, 1.82) is 5.26 Å². The van der Waals surface area contributed by atoms with Gasteiger partial charge in [0.1, 0.15) is 22.4 Å². The van der Waals surface area contributed by atoms with Gasteiger partial charge in [-0.15, -0.1) is 10.2 Å². The summed E-state index contributed by atoms with van der Waals surface area (Å²) >= 11 is 1.28. The molecular weight excluding hydrogens is 400 g/mol. The van der Waals surface area contributed by atoms with Gasteiger partial charge in [-0.25, -0.2) is 0 Å². The predicted molar refractivity (Wildman–Crippen MR) is 116 cm³/mol. The molecule has 0 atom stereocenters. The Morgan fingerprint density at radius 2 is 2.00 bits per heavy atom. The number of para-hydroxylation sites is 1. The van der Waals surface area contributed by atoms with Gasteiger partial charge in [0, 0.05) is 0 Å². The average molecular weight is 420 g/mol. The van der Waals surface area contributed by atoms with Gasteiger partial charge in [-0.3, -0.25) is 10.1 Å². The summed E-state index contributed by atoms with van der Waals surface area (Å²) in [7, 11) is 1.53. The van der Waals surface area contributed by atoms with E-state index in [0.717, 1.165) is 22.7 Å². The first-order valence-electron chi connectivity index (χ1n) is 9.21. The number of carbonyl (C=O) groups excluding carboxylic acids is 1. The molecule has 0 aliphatic carbocycles. The first-order chi connectivity index (χ1) is 14.5. The monoisotopic (exact) mass is 420 g/mol. The first-order valence-corrected chi connectivity index (χ1v) is 10.0. The van der Waals surface area contributed by atoms with Gasteiger partial charge in [-0.2, -0.15) is 5.26 Å². The molecule has 1 heterocycles. The highest BCUT2D eigenvalue weighted by Gasteiger charge is 2.14. The fourth-order valence-corrected chi connectivity index (χ4v) is 3.25. The van der Waals surface area contributed by atoms with Crippen LogP contribution in [0.1, 0.15) is 23.1 Å². The maximum atomic E-state index is 12.4. The second-order valence-electron chi connectivity index (χ2n) is 6.26. The van der Waals surface area contributed by atoms with Crippen LogP contribution in [0.25, 0.3) is 6.08 Å². The van der Waals surface area contributed by atoms with E-state index in [9.17, 15) is 10.1 Å². The third-order valence-corrected chi connectivity index (χ3v) is 5.15. The Balaban J connectivity index is 1.81. The van der Waals surface area contributed by atoms with Crippen molar-refractivity contribution in [2.24, 2.45) is 0 Å². The minimum atomic E-state index is -0.546. The smallest absolute Gasteiger partial charge is 0.268 e. The van der Waals surface area contributed by atoms with E-state index in [0.29, 0.717) is 22.2 Å². The lowest BCUT2D eigenvalue weighted by molar-refractivity contribution is -0.112. The van der Waals surface area contributed by atoms with Gasteiger partial charge in [-0.1, -0.05) is 42.5 Å². The SMILES string of the molecule is CCc1nnc(NC(=O)C(C#N)=Cc2ccc(Oc3ccccc3C)c(OC)c2)s1. The summed E-state index contributed by atoms with van der Waals surface area (Å²) in [6, 6.07) is 14.8. The minimum Gasteiger partial charge on any atom is -0.493 e. The summed E-state index contributed by atoms with van der Waals surface area (Å²) in [6.45, 7) is 3.91. The number of rotatable bonds is 7. The summed E-state index contributed by atoms with van der Waals surface area (Å²) in [5.74, 6) is 1.20. The Morgan fingerprint density at radius 3 is 2.67 bits per heavy atom. The van der Waals surface area contributed by atoms with Gasteiger partial charge < -0.3 is 9.47 Å². The van der Waals surface area contributed by atoms with Crippen LogP contribution in [0.15, 0.2) is 48.0 Å². The first kappa shape index (κ1) is 21.0. The number of carbonyl (C=O) groups is 1. The van der Waals surface area contributed by atoms with Gasteiger partial charge in [0.05, 0.1) is 7.11 Å². The molecule has 0 saturated carbocycles. The van der Waals surface area contributed by atoms with Crippen LogP contribution < -0.4 is 14.8 Å². The van der Waals surface area contributed by atoms with Crippen molar-refractivity contribution in [2.75, 3.05) is 12.4 Å². The summed E-state index contributed by atoms with van der Waals surface area (Å²) in [4.78, 5) is 12.4. The number of nitrogens with zero attached hydrogens (tertiary/aromatic N) is 3. The molecule has 30 heavy (non-hydrogen) atoms. The molecule has 0 aliphatic heterocycles. The Kier molecular flexibility index (Phi) is 6.78. The predicted octanol–water partition coefficient (Wildman–Crippen LogP) is 4.76. The molecule has 3 rings (SSSR count). The van der Waals surface area contributed by atoms with Crippen LogP contribution in [-0.2, 0) is 11.2 Å². The van der Waals surface area contributed by atoms with Crippen LogP contribution in [0.3, 0.4) is 0 Å². The van der Waals surface area contributed by atoms with Crippen molar-refractivity contribution in [1.82, 2.24) is 10.2 Å². The zero-order valence-electron chi connectivity index (χ0n) is 16.8. The number of aromatic nitrogens is 2. The fraction of sp³-hybridized carbons (Fsp3) is 0.182. The van der Waals surface area contributed by atoms with E-state index >= 15 is 0 Å². The lowest BCUT2D eigenvalue weighted by Crippen LogP contribution is -2.13. The number of hydrogen-bond acceptors (Lipinski definition) is 7. The number of nitrogens with one attached hydrogen (secondary N) is 1. The molecule has 0 bridgehead atoms. The van der Waals surface area contributed by atoms with Crippen molar-refractivity contribution < 1.29 is 14.3 Å². The van der Waals surface area contributed by atoms with Crippen LogP contribution in [0.2, 0.25) is 0 Å². The number of methoxy groups -OCH3 is 1. The molecular formula is C22H20N4O3S. The molecule has 1 aromatic heterocycles. The molecule has 0 saturated heterocycles. The zero-order valence-corrected chi connectivity index (χ0v) is 17.6. The van der Waals surface area contributed by atoms with E-state index in [1.165, 1.54) is 24.5 Å². The van der Waals surface area contributed by atoms with Crippen molar-refractivity contribution in [3.8, 4) is 23.3 Å². The van der Waals surface area contributed by atoms with Gasteiger partial charge in [0.15, 0.2) is 11.5 Å². The van der Waals surface area contributed by atoms with Gasteiger partial charge in [0.2, 0.25) is 5.13 Å². The van der Waals surface area contributed by atoms with Crippen LogP contribution in [0.4, 0.5) is 5.13 Å². The van der Waals surface area contributed by atoms with Crippen molar-refractivity contribution >= 4 is 28.5 Å². The highest BCUT2D eigenvalue weighted by atomic mass is 32.1. The van der Waals surface area contributed by atoms with Gasteiger partial charge >= 0.3 is 0 Å². The van der Waals surface area contributed by atoms with E-state index < -0.39 is 5.91 Å². The molecule has 0 radical (unpaired) electrons. The van der Waals surface area contributed by atoms with E-state index in [1.54, 1.807) is 18.2 Å². The van der Waals surface area contributed by atoms with E-state index in [1.807, 2.05) is 44.2 Å². The molecule has 0 aliphatic rings. The quantitative estimate of drug-likeness (QED) is 0.437. The maximum Gasteiger partial charge on any atom is 0.268 e. The average Bonchev–Trinajstić information content (AvgIpc) is 3.21. The number of aryl methyl sites for hydroxylation is 2. The number of nitriles is 1. The molecule has 0 spiro atoms. The normalized spacial score (nSPS) is 10.9. The topological polar surface area (TPSA) is 97.1 Å². The lowest BCUT2D eigenvalue weighted by atomic mass is 10.1. The summed E-state index contributed by atoms with van der Waals surface area (Å²) in [5.41, 5.74) is 1.56. The van der Waals surface area contributed by atoms with Crippen molar-refractivity contribution in [3.05, 3.63) is 64.2 Å². The third kappa shape index (κ3) is 5.01. The molecule has 1 amide bonds. The number of anilines is 1. The number of amides is 1. The largest absolute Gasteiger partial charge is 0.493 e. The number of benzene rings is 2. The molecule has 0 fully saturated rings. The van der Waals surface area contributed by atoms with E-state index in [2.05, 4.69) is 15.5 Å². The molecule has 7 nitrogen and oxygen atoms in total. The standard InChI is InChI=1S/C22H20N4O3S/c1-4-20-25-26-22(30-20)24-21(27)16(13-23)11-15-9-10-18(19(12-15)28-3)29-17-8-6-5-7-14(17)2/h5-12H,4H2,1-3H3,(H,24,26,27).